The number of hydrogen-bond donors (Lipinski definition) is 0. The van der Waals surface area contributed by atoms with Gasteiger partial charge in [-0.15, -0.1) is 0 Å². The normalized spacial score (nSPS) is 7.25. The fourth-order valence-electron chi connectivity index (χ4n) is 0. The Kier molecular flexibility index (Phi) is 25.6. The zero-order valence-corrected chi connectivity index (χ0v) is 11.0. The van der Waals surface area contributed by atoms with Crippen LogP contribution in [0.4, 0.5) is 0 Å². The van der Waals surface area contributed by atoms with Crippen LogP contribution in [-0.4, -0.2) is 13.0 Å². The minimum atomic E-state index is -4.17. The second kappa shape index (κ2) is 9.12. The largest absolute Gasteiger partial charge is 0.774 e. The second-order valence-corrected chi connectivity index (χ2v) is 1.67. The van der Waals surface area contributed by atoms with Crippen LogP contribution in [0.15, 0.2) is 0 Å². The van der Waals surface area contributed by atoms with Gasteiger partial charge >= 0.3 is 0 Å². The van der Waals surface area contributed by atoms with Gasteiger partial charge in [0.25, 0.3) is 0 Å². The molecule has 3 nitrogen and oxygen atoms in total. The first kappa shape index (κ1) is 22.5. The molecule has 2 radical (unpaired) electrons. The molecule has 0 bridgehead atoms. The summed E-state index contributed by atoms with van der Waals surface area (Å²) in [6.07, 6.45) is 2.19. The van der Waals surface area contributed by atoms with Gasteiger partial charge in [-0.1, -0.05) is 0 Å². The average molecular weight is 287 g/mol. The third kappa shape index (κ3) is 91.7. The minimum absolute atomic E-state index is 0. The monoisotopic (exact) mass is 287 g/mol. The molecule has 0 amide bonds. The molecule has 0 N–H and O–H groups in total. The van der Waals surface area contributed by atoms with Crippen LogP contribution in [0, 0.1) is 13.7 Å². The van der Waals surface area contributed by atoms with Crippen molar-refractivity contribution in [3.63, 3.8) is 0 Å². The van der Waals surface area contributed by atoms with E-state index in [9.17, 15) is 0 Å². The third-order valence-corrected chi connectivity index (χ3v) is 0. The molecule has 0 aliphatic rings. The Bertz CT molecular complexity index is 98.5. The molecule has 46 valence electrons. The first-order chi connectivity index (χ1) is 2.00. The van der Waals surface area contributed by atoms with Crippen LogP contribution in [0.25, 0.3) is 0 Å². The van der Waals surface area contributed by atoms with Crippen molar-refractivity contribution >= 4 is 10.1 Å². The van der Waals surface area contributed by atoms with E-state index >= 15 is 0 Å². The molecule has 0 atom stereocenters. The maximum atomic E-state index is 8.97. The van der Waals surface area contributed by atoms with E-state index in [2.05, 4.69) is 6.26 Å². The quantitative estimate of drug-likeness (QED) is 0.457. The van der Waals surface area contributed by atoms with Gasteiger partial charge in [0.2, 0.25) is 0 Å². The molecule has 0 aromatic carbocycles. The average Bonchev–Trinajstić information content (AvgIpc) is 0.722. The van der Waals surface area contributed by atoms with Gasteiger partial charge in [-0.25, -0.2) is 6.26 Å². The van der Waals surface area contributed by atoms with E-state index in [4.69, 9.17) is 13.0 Å². The molecule has 0 aromatic heterocycles. The molecular weight excluding hydrogens is 282 g/mol. The van der Waals surface area contributed by atoms with E-state index in [0.717, 1.165) is 0 Å². The Morgan fingerprint density at radius 2 is 1.25 bits per heavy atom. The summed E-state index contributed by atoms with van der Waals surface area (Å²) in [6.45, 7) is 0. The maximum Gasteiger partial charge on any atom is 0 e. The molecule has 0 saturated carbocycles. The Balaban J connectivity index is -0.0000000267. The Morgan fingerprint density at radius 3 is 1.25 bits per heavy atom. The smallest absolute Gasteiger partial charge is 0 e. The van der Waals surface area contributed by atoms with Gasteiger partial charge in [0.15, 0.2) is 0 Å². The van der Waals surface area contributed by atoms with Gasteiger partial charge in [0.1, 0.15) is 0 Å². The summed E-state index contributed by atoms with van der Waals surface area (Å²) in [4.78, 5) is 0. The van der Waals surface area contributed by atoms with Crippen molar-refractivity contribution in [3.8, 4) is 0 Å². The molecule has 0 unspecified atom stereocenters. The first-order valence-electron chi connectivity index (χ1n) is 0.789. The molecule has 0 aliphatic heterocycles. The fraction of sp³-hybridized carbons (Fsp3) is 0. The van der Waals surface area contributed by atoms with Crippen molar-refractivity contribution in [2.45, 2.75) is 0 Å². The summed E-state index contributed by atoms with van der Waals surface area (Å²) < 4.78 is 26.9. The van der Waals surface area contributed by atoms with Gasteiger partial charge in [-0.2, -0.15) is 0 Å². The first-order valence-corrected chi connectivity index (χ1v) is 2.37. The predicted molar refractivity (Wildman–Crippen MR) is 21.5 cm³/mol. The van der Waals surface area contributed by atoms with Crippen molar-refractivity contribution in [1.82, 2.24) is 0 Å². The molecule has 0 spiro atoms. The van der Waals surface area contributed by atoms with Crippen molar-refractivity contribution < 1.29 is 78.4 Å². The van der Waals surface area contributed by atoms with Crippen LogP contribution in [0.2, 0.25) is 0 Å². The maximum absolute atomic E-state index is 8.97. The minimum Gasteiger partial charge on any atom is -0.774 e. The zero-order valence-electron chi connectivity index (χ0n) is 4.49. The topological polar surface area (TPSA) is 57.2 Å². The van der Waals surface area contributed by atoms with Crippen LogP contribution >= 0.6 is 0 Å². The second-order valence-electron chi connectivity index (χ2n) is 0.558. The summed E-state index contributed by atoms with van der Waals surface area (Å²) in [5, 5.41) is 0. The SMILES string of the molecule is [CH2-]S(=O)(=O)[O-].[CH3-].[Y].[Y]. The molecule has 6 heteroatoms. The van der Waals surface area contributed by atoms with E-state index in [1.54, 1.807) is 0 Å². The van der Waals surface area contributed by atoms with Gasteiger partial charge in [-0.3, -0.25) is 8.42 Å². The van der Waals surface area contributed by atoms with Gasteiger partial charge in [-0.05, 0) is 10.1 Å². The number of rotatable bonds is 0. The number of hydrogen-bond acceptors (Lipinski definition) is 3. The van der Waals surface area contributed by atoms with Gasteiger partial charge in [0.05, 0.1) is 0 Å². The van der Waals surface area contributed by atoms with Gasteiger partial charge < -0.3 is 12.0 Å². The van der Waals surface area contributed by atoms with Crippen LogP contribution in [0.1, 0.15) is 0 Å². The van der Waals surface area contributed by atoms with E-state index < -0.39 is 10.1 Å². The van der Waals surface area contributed by atoms with Crippen LogP contribution in [0.3, 0.4) is 0 Å². The van der Waals surface area contributed by atoms with Crippen LogP contribution in [-0.2, 0) is 75.5 Å². The Labute approximate surface area is 101 Å². The predicted octanol–water partition coefficient (Wildman–Crippen LogP) is -0.232. The summed E-state index contributed by atoms with van der Waals surface area (Å²) in [5.41, 5.74) is 0. The van der Waals surface area contributed by atoms with E-state index in [1.807, 2.05) is 0 Å². The third-order valence-electron chi connectivity index (χ3n) is 0. The zero-order chi connectivity index (χ0) is 4.50. The van der Waals surface area contributed by atoms with Crippen molar-refractivity contribution in [1.29, 1.82) is 0 Å². The van der Waals surface area contributed by atoms with Crippen molar-refractivity contribution in [2.24, 2.45) is 0 Å². The van der Waals surface area contributed by atoms with E-state index in [0.29, 0.717) is 0 Å². The van der Waals surface area contributed by atoms with Gasteiger partial charge in [0, 0.05) is 65.4 Å². The molecule has 0 heterocycles. The van der Waals surface area contributed by atoms with E-state index in [1.165, 1.54) is 0 Å². The molecule has 8 heavy (non-hydrogen) atoms. The Morgan fingerprint density at radius 1 is 1.25 bits per heavy atom. The van der Waals surface area contributed by atoms with Crippen LogP contribution in [0.5, 0.6) is 0 Å². The fourth-order valence-corrected chi connectivity index (χ4v) is 0. The molecule has 0 aromatic rings. The molecular formula is C2H5O3SY2-3. The van der Waals surface area contributed by atoms with E-state index in [-0.39, 0.29) is 72.8 Å². The molecule has 0 saturated heterocycles. The summed E-state index contributed by atoms with van der Waals surface area (Å²) in [7, 11) is -4.17. The molecule has 0 aliphatic carbocycles. The standard InChI is InChI=1S/CH3O3S.CH3.2Y/c1-5(2,3)4;;;/h1H2,(H,2,3,4);1H3;;/q2*-1;;/p-1. The summed E-state index contributed by atoms with van der Waals surface area (Å²) >= 11 is 0. The summed E-state index contributed by atoms with van der Waals surface area (Å²) in [6, 6.07) is 0. The Hall–Kier alpha value is 2.12. The molecule has 0 rings (SSSR count). The van der Waals surface area contributed by atoms with Crippen molar-refractivity contribution in [2.75, 3.05) is 0 Å². The van der Waals surface area contributed by atoms with Crippen molar-refractivity contribution in [3.05, 3.63) is 13.7 Å². The van der Waals surface area contributed by atoms with Crippen LogP contribution < -0.4 is 0 Å². The summed E-state index contributed by atoms with van der Waals surface area (Å²) in [5.74, 6) is 0. The molecule has 0 fully saturated rings.